The largest absolute Gasteiger partial charge is 0.301 e. The number of pyridine rings is 1. The molecule has 0 unspecified atom stereocenters. The first-order chi connectivity index (χ1) is 13.5. The Labute approximate surface area is 170 Å². The van der Waals surface area contributed by atoms with Crippen molar-refractivity contribution in [2.24, 2.45) is 10.9 Å². The number of carbonyl (C=O) groups excluding carboxylic acids is 2. The van der Waals surface area contributed by atoms with Crippen LogP contribution in [0.25, 0.3) is 10.9 Å². The van der Waals surface area contributed by atoms with Gasteiger partial charge in [0.2, 0.25) is 5.91 Å². The number of aromatic nitrogens is 1. The van der Waals surface area contributed by atoms with E-state index in [9.17, 15) is 9.59 Å². The fourth-order valence-corrected chi connectivity index (χ4v) is 3.28. The molecule has 138 valence electrons. The topological polar surface area (TPSA) is 74.7 Å². The standard InChI is InChI=1S/C20H13ClN4O2S/c21-13-3-6-15(7-4-13)25-19(27)16(18(26)24-20(25)28)11-23-14-5-8-17-12(10-14)2-1-9-22-17/h1-11,16H,(H,24,26,28)/t16-/m1/s1. The number of benzene rings is 2. The molecule has 0 spiro atoms. The van der Waals surface area contributed by atoms with Crippen LogP contribution in [0.3, 0.4) is 0 Å². The summed E-state index contributed by atoms with van der Waals surface area (Å²) in [6, 6.07) is 15.8. The van der Waals surface area contributed by atoms with E-state index >= 15 is 0 Å². The van der Waals surface area contributed by atoms with Gasteiger partial charge in [0, 0.05) is 22.8 Å². The Balaban J connectivity index is 1.62. The minimum atomic E-state index is -1.09. The molecular weight excluding hydrogens is 396 g/mol. The highest BCUT2D eigenvalue weighted by Crippen LogP contribution is 2.24. The SMILES string of the molecule is O=C1NC(=S)N(c2ccc(Cl)cc2)C(=O)[C@@H]1C=Nc1ccc2ncccc2c1. The maximum Gasteiger partial charge on any atom is 0.251 e. The first-order valence-corrected chi connectivity index (χ1v) is 9.15. The van der Waals surface area contributed by atoms with Gasteiger partial charge >= 0.3 is 0 Å². The van der Waals surface area contributed by atoms with Gasteiger partial charge in [-0.3, -0.25) is 24.5 Å². The van der Waals surface area contributed by atoms with E-state index < -0.39 is 17.7 Å². The third kappa shape index (κ3) is 3.49. The van der Waals surface area contributed by atoms with Crippen molar-refractivity contribution >= 4 is 69.2 Å². The molecule has 6 nitrogen and oxygen atoms in total. The van der Waals surface area contributed by atoms with Crippen molar-refractivity contribution in [1.82, 2.24) is 10.3 Å². The third-order valence-corrected chi connectivity index (χ3v) is 4.78. The number of hydrogen-bond acceptors (Lipinski definition) is 5. The van der Waals surface area contributed by atoms with Gasteiger partial charge in [0.1, 0.15) is 0 Å². The molecule has 2 heterocycles. The van der Waals surface area contributed by atoms with E-state index in [1.807, 2.05) is 24.3 Å². The Morgan fingerprint density at radius 3 is 2.71 bits per heavy atom. The highest BCUT2D eigenvalue weighted by Gasteiger charge is 2.38. The van der Waals surface area contributed by atoms with Gasteiger partial charge in [-0.1, -0.05) is 17.7 Å². The second-order valence-electron chi connectivity index (χ2n) is 6.08. The maximum atomic E-state index is 12.9. The Bertz CT molecular complexity index is 1130. The van der Waals surface area contributed by atoms with Crippen LogP contribution in [0.15, 0.2) is 65.8 Å². The van der Waals surface area contributed by atoms with Crippen LogP contribution in [0.2, 0.25) is 5.02 Å². The molecule has 0 aliphatic carbocycles. The van der Waals surface area contributed by atoms with E-state index in [1.165, 1.54) is 11.1 Å². The van der Waals surface area contributed by atoms with E-state index in [-0.39, 0.29) is 5.11 Å². The monoisotopic (exact) mass is 408 g/mol. The lowest BCUT2D eigenvalue weighted by atomic mass is 10.1. The molecule has 1 atom stereocenters. The van der Waals surface area contributed by atoms with Gasteiger partial charge in [-0.05, 0) is 60.7 Å². The molecule has 2 amide bonds. The third-order valence-electron chi connectivity index (χ3n) is 4.25. The molecule has 1 fully saturated rings. The number of aliphatic imine (C=N–C) groups is 1. The van der Waals surface area contributed by atoms with E-state index in [1.54, 1.807) is 36.5 Å². The quantitative estimate of drug-likeness (QED) is 0.408. The normalized spacial score (nSPS) is 17.4. The van der Waals surface area contributed by atoms with Gasteiger partial charge in [0.25, 0.3) is 5.91 Å². The summed E-state index contributed by atoms with van der Waals surface area (Å²) >= 11 is 11.1. The van der Waals surface area contributed by atoms with Crippen molar-refractivity contribution in [3.63, 3.8) is 0 Å². The highest BCUT2D eigenvalue weighted by molar-refractivity contribution is 7.80. The molecule has 4 rings (SSSR count). The van der Waals surface area contributed by atoms with Crippen LogP contribution < -0.4 is 10.2 Å². The lowest BCUT2D eigenvalue weighted by Crippen LogP contribution is -2.58. The van der Waals surface area contributed by atoms with Crippen LogP contribution in [0.5, 0.6) is 0 Å². The molecule has 1 aliphatic heterocycles. The molecule has 8 heteroatoms. The van der Waals surface area contributed by atoms with Crippen LogP contribution >= 0.6 is 23.8 Å². The average Bonchev–Trinajstić information content (AvgIpc) is 2.69. The Morgan fingerprint density at radius 1 is 1.14 bits per heavy atom. The van der Waals surface area contributed by atoms with Gasteiger partial charge in [-0.2, -0.15) is 0 Å². The number of fused-ring (bicyclic) bond motifs is 1. The number of amides is 2. The second-order valence-corrected chi connectivity index (χ2v) is 6.90. The predicted octanol–water partition coefficient (Wildman–Crippen LogP) is 3.65. The van der Waals surface area contributed by atoms with Crippen molar-refractivity contribution < 1.29 is 9.59 Å². The van der Waals surface area contributed by atoms with Crippen molar-refractivity contribution in [2.75, 3.05) is 4.90 Å². The number of halogens is 1. The summed E-state index contributed by atoms with van der Waals surface area (Å²) < 4.78 is 0. The Morgan fingerprint density at radius 2 is 1.93 bits per heavy atom. The van der Waals surface area contributed by atoms with Crippen LogP contribution in [0, 0.1) is 5.92 Å². The average molecular weight is 409 g/mol. The van der Waals surface area contributed by atoms with E-state index in [2.05, 4.69) is 15.3 Å². The summed E-state index contributed by atoms with van der Waals surface area (Å²) in [7, 11) is 0. The number of nitrogens with one attached hydrogen (secondary N) is 1. The lowest BCUT2D eigenvalue weighted by molar-refractivity contribution is -0.130. The zero-order chi connectivity index (χ0) is 19.7. The molecule has 3 aromatic rings. The zero-order valence-corrected chi connectivity index (χ0v) is 15.9. The number of thiocarbonyl (C=S) groups is 1. The minimum Gasteiger partial charge on any atom is -0.301 e. The number of carbonyl (C=O) groups is 2. The van der Waals surface area contributed by atoms with E-state index in [0.717, 1.165) is 10.9 Å². The second kappa shape index (κ2) is 7.46. The van der Waals surface area contributed by atoms with Crippen LogP contribution in [0.4, 0.5) is 11.4 Å². The Kier molecular flexibility index (Phi) is 4.85. The molecule has 0 bridgehead atoms. The number of hydrogen-bond donors (Lipinski definition) is 1. The van der Waals surface area contributed by atoms with Crippen molar-refractivity contribution in [1.29, 1.82) is 0 Å². The molecule has 1 aliphatic rings. The molecule has 28 heavy (non-hydrogen) atoms. The molecule has 1 N–H and O–H groups in total. The van der Waals surface area contributed by atoms with Crippen molar-refractivity contribution in [2.45, 2.75) is 0 Å². The van der Waals surface area contributed by atoms with Crippen molar-refractivity contribution in [3.05, 3.63) is 65.8 Å². The first-order valence-electron chi connectivity index (χ1n) is 8.36. The van der Waals surface area contributed by atoms with Gasteiger partial charge < -0.3 is 5.32 Å². The molecule has 1 saturated heterocycles. The van der Waals surface area contributed by atoms with Gasteiger partial charge in [0.15, 0.2) is 11.0 Å². The number of rotatable bonds is 3. The summed E-state index contributed by atoms with van der Waals surface area (Å²) in [6.07, 6.45) is 3.05. The first kappa shape index (κ1) is 18.2. The van der Waals surface area contributed by atoms with Crippen molar-refractivity contribution in [3.8, 4) is 0 Å². The van der Waals surface area contributed by atoms with Gasteiger partial charge in [-0.25, -0.2) is 0 Å². The number of nitrogens with zero attached hydrogens (tertiary/aromatic N) is 3. The molecule has 0 saturated carbocycles. The van der Waals surface area contributed by atoms with Crippen LogP contribution in [-0.2, 0) is 9.59 Å². The molecule has 0 radical (unpaired) electrons. The van der Waals surface area contributed by atoms with Gasteiger partial charge in [-0.15, -0.1) is 0 Å². The zero-order valence-electron chi connectivity index (χ0n) is 14.4. The fourth-order valence-electron chi connectivity index (χ4n) is 2.86. The van der Waals surface area contributed by atoms with E-state index in [4.69, 9.17) is 23.8 Å². The Hall–Kier alpha value is -3.16. The predicted molar refractivity (Wildman–Crippen MR) is 113 cm³/mol. The molecule has 1 aromatic heterocycles. The van der Waals surface area contributed by atoms with Crippen LogP contribution in [0.1, 0.15) is 0 Å². The van der Waals surface area contributed by atoms with Gasteiger partial charge in [0.05, 0.1) is 16.9 Å². The summed E-state index contributed by atoms with van der Waals surface area (Å²) in [5.74, 6) is -2.07. The minimum absolute atomic E-state index is 0.0266. The lowest BCUT2D eigenvalue weighted by Gasteiger charge is -2.30. The number of anilines is 1. The van der Waals surface area contributed by atoms with Crippen LogP contribution in [-0.4, -0.2) is 28.1 Å². The van der Waals surface area contributed by atoms with E-state index in [0.29, 0.717) is 16.4 Å². The molecule has 2 aromatic carbocycles. The summed E-state index contributed by atoms with van der Waals surface area (Å²) in [6.45, 7) is 0. The maximum absolute atomic E-state index is 12.9. The summed E-state index contributed by atoms with van der Waals surface area (Å²) in [4.78, 5) is 35.1. The summed E-state index contributed by atoms with van der Waals surface area (Å²) in [5.41, 5.74) is 1.98. The fraction of sp³-hybridized carbons (Fsp3) is 0.0500. The highest BCUT2D eigenvalue weighted by atomic mass is 35.5. The smallest absolute Gasteiger partial charge is 0.251 e. The molecular formula is C20H13ClN4O2S. The summed E-state index contributed by atoms with van der Waals surface area (Å²) in [5, 5.41) is 4.03.